The Hall–Kier alpha value is -4.01. The highest BCUT2D eigenvalue weighted by Crippen LogP contribution is 2.41. The molecule has 9 heteroatoms. The molecule has 2 aromatic carbocycles. The third-order valence-electron chi connectivity index (χ3n) is 5.66. The van der Waals surface area contributed by atoms with Gasteiger partial charge in [-0.05, 0) is 55.3 Å². The van der Waals surface area contributed by atoms with E-state index in [4.69, 9.17) is 14.2 Å². The first kappa shape index (κ1) is 23.2. The van der Waals surface area contributed by atoms with Crippen LogP contribution < -0.4 is 24.8 Å². The summed E-state index contributed by atoms with van der Waals surface area (Å²) in [5.74, 6) is 1.95. The van der Waals surface area contributed by atoms with Crippen LogP contribution in [0.4, 0.5) is 11.5 Å². The van der Waals surface area contributed by atoms with Crippen molar-refractivity contribution < 1.29 is 23.8 Å². The molecule has 2 heterocycles. The summed E-state index contributed by atoms with van der Waals surface area (Å²) in [5.41, 5.74) is 3.11. The SMILES string of the molecule is CCOc1ccc(NC(=O)CC2C(=O)Nc3c(-c4ccc(OC)c(OC)c4)c(CC)nn32)cc1. The molecule has 2 N–H and O–H groups in total. The molecule has 0 radical (unpaired) electrons. The molecule has 0 saturated heterocycles. The number of aromatic nitrogens is 2. The van der Waals surface area contributed by atoms with Crippen molar-refractivity contribution in [3.8, 4) is 28.4 Å². The average Bonchev–Trinajstić information content (AvgIpc) is 3.34. The molecule has 1 unspecified atom stereocenters. The monoisotopic (exact) mass is 464 g/mol. The molecule has 0 aliphatic carbocycles. The van der Waals surface area contributed by atoms with Gasteiger partial charge in [0, 0.05) is 11.3 Å². The van der Waals surface area contributed by atoms with Crippen molar-refractivity contribution in [1.82, 2.24) is 9.78 Å². The van der Waals surface area contributed by atoms with Gasteiger partial charge in [0.25, 0.3) is 5.91 Å². The highest BCUT2D eigenvalue weighted by molar-refractivity contribution is 6.04. The normalized spacial score (nSPS) is 14.4. The van der Waals surface area contributed by atoms with Gasteiger partial charge in [0.2, 0.25) is 5.91 Å². The third kappa shape index (κ3) is 4.41. The molecule has 2 amide bonds. The number of ether oxygens (including phenoxy) is 3. The fourth-order valence-corrected chi connectivity index (χ4v) is 4.05. The van der Waals surface area contributed by atoms with E-state index in [-0.39, 0.29) is 18.2 Å². The summed E-state index contributed by atoms with van der Waals surface area (Å²) in [7, 11) is 3.15. The molecular formula is C25H28N4O5. The number of aryl methyl sites for hydroxylation is 1. The first-order valence-corrected chi connectivity index (χ1v) is 11.2. The summed E-state index contributed by atoms with van der Waals surface area (Å²) in [6, 6.07) is 11.9. The number of benzene rings is 2. The van der Waals surface area contributed by atoms with Crippen LogP contribution in [0.15, 0.2) is 42.5 Å². The Balaban J connectivity index is 1.58. The fourth-order valence-electron chi connectivity index (χ4n) is 4.05. The number of hydrogen-bond donors (Lipinski definition) is 2. The number of nitrogens with zero attached hydrogens (tertiary/aromatic N) is 2. The Labute approximate surface area is 198 Å². The van der Waals surface area contributed by atoms with Crippen molar-refractivity contribution >= 4 is 23.3 Å². The summed E-state index contributed by atoms with van der Waals surface area (Å²) >= 11 is 0. The number of methoxy groups -OCH3 is 2. The Morgan fingerprint density at radius 3 is 2.47 bits per heavy atom. The van der Waals surface area contributed by atoms with E-state index in [1.165, 1.54) is 0 Å². The van der Waals surface area contributed by atoms with Crippen molar-refractivity contribution in [3.63, 3.8) is 0 Å². The van der Waals surface area contributed by atoms with Gasteiger partial charge in [0.1, 0.15) is 17.6 Å². The van der Waals surface area contributed by atoms with Gasteiger partial charge < -0.3 is 24.8 Å². The molecule has 0 spiro atoms. The lowest BCUT2D eigenvalue weighted by Crippen LogP contribution is -2.23. The highest BCUT2D eigenvalue weighted by Gasteiger charge is 2.37. The molecule has 0 fully saturated rings. The minimum absolute atomic E-state index is 0.0394. The Morgan fingerprint density at radius 2 is 1.82 bits per heavy atom. The number of amides is 2. The van der Waals surface area contributed by atoms with E-state index < -0.39 is 6.04 Å². The van der Waals surface area contributed by atoms with Crippen LogP contribution in [0.25, 0.3) is 11.1 Å². The Kier molecular flexibility index (Phi) is 6.72. The summed E-state index contributed by atoms with van der Waals surface area (Å²) in [4.78, 5) is 25.5. The molecule has 3 aromatic rings. The maximum atomic E-state index is 12.8. The van der Waals surface area contributed by atoms with Gasteiger partial charge in [0.15, 0.2) is 11.5 Å². The van der Waals surface area contributed by atoms with Crippen molar-refractivity contribution in [1.29, 1.82) is 0 Å². The predicted octanol–water partition coefficient (Wildman–Crippen LogP) is 4.05. The van der Waals surface area contributed by atoms with E-state index in [0.29, 0.717) is 36.0 Å². The average molecular weight is 465 g/mol. The van der Waals surface area contributed by atoms with Gasteiger partial charge >= 0.3 is 0 Å². The highest BCUT2D eigenvalue weighted by atomic mass is 16.5. The number of carbonyl (C=O) groups excluding carboxylic acids is 2. The maximum absolute atomic E-state index is 12.8. The van der Waals surface area contributed by atoms with Crippen LogP contribution in [0.5, 0.6) is 17.2 Å². The number of fused-ring (bicyclic) bond motifs is 1. The lowest BCUT2D eigenvalue weighted by Gasteiger charge is -2.11. The number of carbonyl (C=O) groups is 2. The van der Waals surface area contributed by atoms with Gasteiger partial charge in [-0.15, -0.1) is 0 Å². The second kappa shape index (κ2) is 9.86. The molecule has 1 aliphatic rings. The molecule has 0 bridgehead atoms. The van der Waals surface area contributed by atoms with E-state index in [9.17, 15) is 9.59 Å². The zero-order valence-corrected chi connectivity index (χ0v) is 19.7. The fraction of sp³-hybridized carbons (Fsp3) is 0.320. The van der Waals surface area contributed by atoms with Crippen molar-refractivity contribution in [3.05, 3.63) is 48.2 Å². The number of hydrogen-bond acceptors (Lipinski definition) is 6. The predicted molar refractivity (Wildman–Crippen MR) is 129 cm³/mol. The van der Waals surface area contributed by atoms with Gasteiger partial charge in [-0.1, -0.05) is 13.0 Å². The number of anilines is 2. The standard InChI is InChI=1S/C25H28N4O5/c1-5-18-23(15-7-12-20(32-3)21(13-15)33-4)24-27-25(31)19(29(24)28-18)14-22(30)26-16-8-10-17(11-9-16)34-6-2/h7-13,19H,5-6,14H2,1-4H3,(H,26,30)(H,27,31). The number of nitrogens with one attached hydrogen (secondary N) is 2. The van der Waals surface area contributed by atoms with Crippen LogP contribution in [0.3, 0.4) is 0 Å². The van der Waals surface area contributed by atoms with Crippen LogP contribution in [0.2, 0.25) is 0 Å². The van der Waals surface area contributed by atoms with Crippen LogP contribution in [-0.4, -0.2) is 42.4 Å². The Morgan fingerprint density at radius 1 is 1.09 bits per heavy atom. The largest absolute Gasteiger partial charge is 0.494 e. The van der Waals surface area contributed by atoms with Crippen molar-refractivity contribution in [2.75, 3.05) is 31.5 Å². The molecule has 1 aromatic heterocycles. The first-order chi connectivity index (χ1) is 16.5. The molecular weight excluding hydrogens is 436 g/mol. The molecule has 1 atom stereocenters. The topological polar surface area (TPSA) is 104 Å². The zero-order chi connectivity index (χ0) is 24.2. The lowest BCUT2D eigenvalue weighted by atomic mass is 10.0. The summed E-state index contributed by atoms with van der Waals surface area (Å²) in [6.45, 7) is 4.48. The van der Waals surface area contributed by atoms with Gasteiger partial charge in [0.05, 0.1) is 32.9 Å². The second-order valence-electron chi connectivity index (χ2n) is 7.75. The summed E-state index contributed by atoms with van der Waals surface area (Å²) in [6.07, 6.45) is 0.618. The summed E-state index contributed by atoms with van der Waals surface area (Å²) in [5, 5.41) is 10.4. The second-order valence-corrected chi connectivity index (χ2v) is 7.75. The van der Waals surface area contributed by atoms with E-state index in [1.807, 2.05) is 32.0 Å². The Bertz CT molecular complexity index is 1200. The van der Waals surface area contributed by atoms with E-state index in [2.05, 4.69) is 15.7 Å². The minimum atomic E-state index is -0.739. The molecule has 1 aliphatic heterocycles. The molecule has 9 nitrogen and oxygen atoms in total. The molecule has 34 heavy (non-hydrogen) atoms. The van der Waals surface area contributed by atoms with Crippen molar-refractivity contribution in [2.24, 2.45) is 0 Å². The van der Waals surface area contributed by atoms with Gasteiger partial charge in [-0.25, -0.2) is 4.68 Å². The third-order valence-corrected chi connectivity index (χ3v) is 5.66. The maximum Gasteiger partial charge on any atom is 0.251 e. The summed E-state index contributed by atoms with van der Waals surface area (Å²) < 4.78 is 17.8. The first-order valence-electron chi connectivity index (χ1n) is 11.2. The zero-order valence-electron chi connectivity index (χ0n) is 19.7. The molecule has 4 rings (SSSR count). The van der Waals surface area contributed by atoms with Crippen LogP contribution in [0, 0.1) is 0 Å². The minimum Gasteiger partial charge on any atom is -0.494 e. The van der Waals surface area contributed by atoms with Crippen LogP contribution in [-0.2, 0) is 16.0 Å². The van der Waals surface area contributed by atoms with Crippen LogP contribution in [0.1, 0.15) is 32.0 Å². The van der Waals surface area contributed by atoms with Gasteiger partial charge in [-0.2, -0.15) is 5.10 Å². The van der Waals surface area contributed by atoms with E-state index in [0.717, 1.165) is 22.6 Å². The quantitative estimate of drug-likeness (QED) is 0.495. The van der Waals surface area contributed by atoms with E-state index in [1.54, 1.807) is 43.2 Å². The lowest BCUT2D eigenvalue weighted by molar-refractivity contribution is -0.123. The smallest absolute Gasteiger partial charge is 0.251 e. The van der Waals surface area contributed by atoms with Gasteiger partial charge in [-0.3, -0.25) is 9.59 Å². The van der Waals surface area contributed by atoms with Crippen molar-refractivity contribution in [2.45, 2.75) is 32.7 Å². The van der Waals surface area contributed by atoms with E-state index >= 15 is 0 Å². The van der Waals surface area contributed by atoms with Crippen LogP contribution >= 0.6 is 0 Å². The molecule has 178 valence electrons. The molecule has 0 saturated carbocycles. The number of rotatable bonds is 9.